The minimum Gasteiger partial charge on any atom is -0.493 e. The van der Waals surface area contributed by atoms with Crippen molar-refractivity contribution in [2.75, 3.05) is 13.2 Å². The summed E-state index contributed by atoms with van der Waals surface area (Å²) in [4.78, 5) is 16.0. The van der Waals surface area contributed by atoms with Crippen molar-refractivity contribution in [1.29, 1.82) is 0 Å². The van der Waals surface area contributed by atoms with E-state index in [4.69, 9.17) is 10.5 Å². The van der Waals surface area contributed by atoms with Crippen molar-refractivity contribution >= 4 is 29.9 Å². The number of aryl methyl sites for hydroxylation is 1. The highest BCUT2D eigenvalue weighted by molar-refractivity contribution is 14.0. The highest BCUT2D eigenvalue weighted by Crippen LogP contribution is 2.31. The highest BCUT2D eigenvalue weighted by atomic mass is 127. The summed E-state index contributed by atoms with van der Waals surface area (Å²) in [5.41, 5.74) is 7.18. The summed E-state index contributed by atoms with van der Waals surface area (Å²) < 4.78 is 7.36. The molecule has 1 aromatic heterocycles. The summed E-state index contributed by atoms with van der Waals surface area (Å²) in [5.74, 6) is 1.37. The second kappa shape index (κ2) is 10.2. The first-order valence-electron chi connectivity index (χ1n) is 8.68. The first-order chi connectivity index (χ1) is 12.2. The van der Waals surface area contributed by atoms with E-state index in [-0.39, 0.29) is 35.6 Å². The molecule has 3 rings (SSSR count). The van der Waals surface area contributed by atoms with E-state index in [1.54, 1.807) is 16.7 Å². The van der Waals surface area contributed by atoms with E-state index in [0.29, 0.717) is 25.7 Å². The Hall–Kier alpha value is -2.03. The van der Waals surface area contributed by atoms with Gasteiger partial charge in [-0.05, 0) is 25.0 Å². The molecule has 0 saturated heterocycles. The standard InChI is InChI=1S/C19H24N4O2.HI/c20-19(21-11-4-6-13-23-12-5-3-9-18(23)24)22-16-10-14-25-17-8-2-1-7-15(16)17;/h1-3,5,7-9,12,16H,4,6,10-11,13-14H2,(H3,20,21,22);1H. The van der Waals surface area contributed by atoms with Gasteiger partial charge < -0.3 is 20.4 Å². The summed E-state index contributed by atoms with van der Waals surface area (Å²) in [6, 6.07) is 13.3. The molecule has 1 aliphatic rings. The molecule has 0 saturated carbocycles. The van der Waals surface area contributed by atoms with Crippen LogP contribution in [0.15, 0.2) is 58.4 Å². The van der Waals surface area contributed by atoms with Crippen LogP contribution >= 0.6 is 24.0 Å². The van der Waals surface area contributed by atoms with Crippen LogP contribution in [-0.4, -0.2) is 23.7 Å². The Morgan fingerprint density at radius 2 is 2.04 bits per heavy atom. The maximum Gasteiger partial charge on any atom is 0.250 e. The predicted molar refractivity (Wildman–Crippen MR) is 114 cm³/mol. The van der Waals surface area contributed by atoms with Crippen molar-refractivity contribution in [1.82, 2.24) is 9.88 Å². The van der Waals surface area contributed by atoms with Gasteiger partial charge >= 0.3 is 0 Å². The van der Waals surface area contributed by atoms with Crippen molar-refractivity contribution < 1.29 is 4.74 Å². The Kier molecular flexibility index (Phi) is 7.96. The minimum absolute atomic E-state index is 0. The number of halogens is 1. The Morgan fingerprint density at radius 3 is 2.88 bits per heavy atom. The molecular weight excluding hydrogens is 443 g/mol. The molecule has 0 bridgehead atoms. The lowest BCUT2D eigenvalue weighted by Gasteiger charge is -2.26. The molecule has 1 aromatic carbocycles. The number of hydrogen-bond donors (Lipinski definition) is 2. The van der Waals surface area contributed by atoms with Gasteiger partial charge in [-0.15, -0.1) is 24.0 Å². The Bertz CT molecular complexity index is 791. The van der Waals surface area contributed by atoms with Gasteiger partial charge in [-0.1, -0.05) is 24.3 Å². The summed E-state index contributed by atoms with van der Waals surface area (Å²) in [7, 11) is 0. The van der Waals surface area contributed by atoms with Crippen LogP contribution in [0.1, 0.15) is 30.9 Å². The molecule has 0 spiro atoms. The van der Waals surface area contributed by atoms with Gasteiger partial charge in [0.05, 0.1) is 12.6 Å². The Labute approximate surface area is 170 Å². The van der Waals surface area contributed by atoms with Crippen molar-refractivity contribution in [2.45, 2.75) is 31.8 Å². The molecular formula is C19H25IN4O2. The van der Waals surface area contributed by atoms with Crippen molar-refractivity contribution in [2.24, 2.45) is 10.7 Å². The molecule has 6 nitrogen and oxygen atoms in total. The number of pyridine rings is 1. The van der Waals surface area contributed by atoms with Crippen LogP contribution in [0.4, 0.5) is 0 Å². The van der Waals surface area contributed by atoms with Crippen LogP contribution in [-0.2, 0) is 6.54 Å². The lowest BCUT2D eigenvalue weighted by molar-refractivity contribution is 0.262. The van der Waals surface area contributed by atoms with Gasteiger partial charge in [-0.25, -0.2) is 0 Å². The molecule has 3 N–H and O–H groups in total. The van der Waals surface area contributed by atoms with Gasteiger partial charge in [0.15, 0.2) is 5.96 Å². The average molecular weight is 468 g/mol. The lowest BCUT2D eigenvalue weighted by atomic mass is 10.0. The van der Waals surface area contributed by atoms with Gasteiger partial charge in [0.1, 0.15) is 5.75 Å². The molecule has 2 aromatic rings. The number of nitrogens with two attached hydrogens (primary N) is 1. The molecule has 0 radical (unpaired) electrons. The SMILES string of the molecule is I.NC(=NCCCCn1ccccc1=O)NC1CCOc2ccccc21. The molecule has 0 fully saturated rings. The number of rotatable bonds is 6. The largest absolute Gasteiger partial charge is 0.493 e. The first kappa shape index (κ1) is 20.3. The number of guanidine groups is 1. The zero-order valence-electron chi connectivity index (χ0n) is 14.6. The fourth-order valence-corrected chi connectivity index (χ4v) is 2.96. The van der Waals surface area contributed by atoms with E-state index in [0.717, 1.165) is 30.6 Å². The second-order valence-electron chi connectivity index (χ2n) is 6.08. The third-order valence-electron chi connectivity index (χ3n) is 4.27. The number of hydrogen-bond acceptors (Lipinski definition) is 3. The molecule has 1 aliphatic heterocycles. The zero-order valence-corrected chi connectivity index (χ0v) is 17.0. The number of nitrogens with one attached hydrogen (secondary N) is 1. The van der Waals surface area contributed by atoms with Gasteiger partial charge in [0, 0.05) is 37.3 Å². The van der Waals surface area contributed by atoms with E-state index in [9.17, 15) is 4.79 Å². The second-order valence-corrected chi connectivity index (χ2v) is 6.08. The van der Waals surface area contributed by atoms with Crippen LogP contribution in [0, 0.1) is 0 Å². The number of aliphatic imine (C=N–C) groups is 1. The average Bonchev–Trinajstić information content (AvgIpc) is 2.63. The summed E-state index contributed by atoms with van der Waals surface area (Å²) >= 11 is 0. The Balaban J connectivity index is 0.00000243. The number of para-hydroxylation sites is 1. The molecule has 1 unspecified atom stereocenters. The number of aromatic nitrogens is 1. The molecule has 0 aliphatic carbocycles. The lowest BCUT2D eigenvalue weighted by Crippen LogP contribution is -2.37. The monoisotopic (exact) mass is 468 g/mol. The van der Waals surface area contributed by atoms with Gasteiger partial charge in [0.2, 0.25) is 5.56 Å². The summed E-state index contributed by atoms with van der Waals surface area (Å²) in [6.07, 6.45) is 4.45. The number of fused-ring (bicyclic) bond motifs is 1. The third-order valence-corrected chi connectivity index (χ3v) is 4.27. The van der Waals surface area contributed by atoms with Gasteiger partial charge in [-0.3, -0.25) is 9.79 Å². The van der Waals surface area contributed by atoms with Crippen LogP contribution in [0.2, 0.25) is 0 Å². The first-order valence-corrected chi connectivity index (χ1v) is 8.68. The van der Waals surface area contributed by atoms with E-state index >= 15 is 0 Å². The van der Waals surface area contributed by atoms with E-state index in [1.807, 2.05) is 30.5 Å². The number of benzene rings is 1. The summed E-state index contributed by atoms with van der Waals surface area (Å²) in [5, 5.41) is 3.29. The van der Waals surface area contributed by atoms with Crippen LogP contribution in [0.5, 0.6) is 5.75 Å². The number of unbranched alkanes of at least 4 members (excludes halogenated alkanes) is 1. The van der Waals surface area contributed by atoms with E-state index in [1.165, 1.54) is 0 Å². The Morgan fingerprint density at radius 1 is 1.23 bits per heavy atom. The molecule has 0 amide bonds. The van der Waals surface area contributed by atoms with Crippen LogP contribution in [0.25, 0.3) is 0 Å². The van der Waals surface area contributed by atoms with Crippen molar-refractivity contribution in [3.8, 4) is 5.75 Å². The molecule has 1 atom stereocenters. The summed E-state index contributed by atoms with van der Waals surface area (Å²) in [6.45, 7) is 2.02. The van der Waals surface area contributed by atoms with Crippen LogP contribution in [0.3, 0.4) is 0 Å². The zero-order chi connectivity index (χ0) is 17.5. The fourth-order valence-electron chi connectivity index (χ4n) is 2.96. The maximum atomic E-state index is 11.6. The molecule has 140 valence electrons. The quantitative estimate of drug-likeness (QED) is 0.296. The molecule has 7 heteroatoms. The fraction of sp³-hybridized carbons (Fsp3) is 0.368. The predicted octanol–water partition coefficient (Wildman–Crippen LogP) is 2.67. The van der Waals surface area contributed by atoms with E-state index in [2.05, 4.69) is 16.4 Å². The smallest absolute Gasteiger partial charge is 0.250 e. The topological polar surface area (TPSA) is 81.6 Å². The van der Waals surface area contributed by atoms with Crippen molar-refractivity contribution in [3.63, 3.8) is 0 Å². The molecule has 2 heterocycles. The maximum absolute atomic E-state index is 11.6. The van der Waals surface area contributed by atoms with Crippen molar-refractivity contribution in [3.05, 3.63) is 64.6 Å². The minimum atomic E-state index is 0. The van der Waals surface area contributed by atoms with E-state index < -0.39 is 0 Å². The molecule has 26 heavy (non-hydrogen) atoms. The van der Waals surface area contributed by atoms with Gasteiger partial charge in [-0.2, -0.15) is 0 Å². The number of nitrogens with zero attached hydrogens (tertiary/aromatic N) is 2. The third kappa shape index (κ3) is 5.48. The number of ether oxygens (including phenoxy) is 1. The van der Waals surface area contributed by atoms with Gasteiger partial charge in [0.25, 0.3) is 0 Å². The van der Waals surface area contributed by atoms with Crippen LogP contribution < -0.4 is 21.3 Å². The highest BCUT2D eigenvalue weighted by Gasteiger charge is 2.20. The normalized spacial score (nSPS) is 16.2.